The molecule has 1 aliphatic heterocycles. The number of aromatic nitrogens is 1. The van der Waals surface area contributed by atoms with Crippen LogP contribution in [-0.4, -0.2) is 15.3 Å². The van der Waals surface area contributed by atoms with Gasteiger partial charge < -0.3 is 14.4 Å². The molecule has 0 amide bonds. The van der Waals surface area contributed by atoms with Crippen LogP contribution in [0.5, 0.6) is 11.5 Å². The van der Waals surface area contributed by atoms with Gasteiger partial charge in [-0.2, -0.15) is 0 Å². The number of hydrogen-bond donors (Lipinski definition) is 1. The fourth-order valence-corrected chi connectivity index (χ4v) is 3.20. The predicted octanol–water partition coefficient (Wildman–Crippen LogP) is 3.58. The van der Waals surface area contributed by atoms with Gasteiger partial charge in [0.25, 0.3) is 0 Å². The molecule has 23 heavy (non-hydrogen) atoms. The maximum atomic E-state index is 12.8. The summed E-state index contributed by atoms with van der Waals surface area (Å²) in [5.41, 5.74) is 1.45. The van der Waals surface area contributed by atoms with Crippen LogP contribution in [0.25, 0.3) is 27.9 Å². The largest absolute Gasteiger partial charge is 0.506 e. The fraction of sp³-hybridized carbons (Fsp3) is 0.211. The number of para-hydroxylation sites is 1. The number of benzene rings is 2. The van der Waals surface area contributed by atoms with Crippen molar-refractivity contribution in [2.45, 2.75) is 19.4 Å². The van der Waals surface area contributed by atoms with E-state index in [9.17, 15) is 9.90 Å². The van der Waals surface area contributed by atoms with Crippen LogP contribution in [0.15, 0.2) is 41.2 Å². The zero-order chi connectivity index (χ0) is 16.4. The highest BCUT2D eigenvalue weighted by molar-refractivity contribution is 5.99. The third-order valence-corrected chi connectivity index (χ3v) is 4.40. The average Bonchev–Trinajstić information content (AvgIpc) is 2.51. The van der Waals surface area contributed by atoms with Gasteiger partial charge in [-0.3, -0.25) is 4.79 Å². The second kappa shape index (κ2) is 4.38. The van der Waals surface area contributed by atoms with Crippen LogP contribution in [0.3, 0.4) is 0 Å². The smallest absolute Gasteiger partial charge is 0.200 e. The summed E-state index contributed by atoms with van der Waals surface area (Å²) in [6.45, 7) is 3.90. The molecule has 0 saturated heterocycles. The van der Waals surface area contributed by atoms with Gasteiger partial charge in [-0.05, 0) is 38.1 Å². The molecule has 3 aromatic rings. The lowest BCUT2D eigenvalue weighted by atomic mass is 9.98. The highest BCUT2D eigenvalue weighted by Crippen LogP contribution is 2.40. The summed E-state index contributed by atoms with van der Waals surface area (Å²) in [7, 11) is 1.89. The summed E-state index contributed by atoms with van der Waals surface area (Å²) in [4.78, 5) is 12.8. The molecule has 0 atom stereocenters. The summed E-state index contributed by atoms with van der Waals surface area (Å²) in [5, 5.41) is 11.6. The van der Waals surface area contributed by atoms with E-state index in [0.29, 0.717) is 27.6 Å². The van der Waals surface area contributed by atoms with Crippen molar-refractivity contribution in [3.8, 4) is 11.5 Å². The molecule has 4 rings (SSSR count). The number of hydrogen-bond acceptors (Lipinski definition) is 3. The number of fused-ring (bicyclic) bond motifs is 3. The molecular formula is C19H17NO3. The summed E-state index contributed by atoms with van der Waals surface area (Å²) >= 11 is 0. The zero-order valence-corrected chi connectivity index (χ0v) is 13.3. The summed E-state index contributed by atoms with van der Waals surface area (Å²) < 4.78 is 7.87. The van der Waals surface area contributed by atoms with Crippen LogP contribution >= 0.6 is 0 Å². The van der Waals surface area contributed by atoms with E-state index in [1.807, 2.05) is 61.9 Å². The third kappa shape index (κ3) is 1.88. The van der Waals surface area contributed by atoms with Gasteiger partial charge in [0.2, 0.25) is 5.43 Å². The molecular weight excluding hydrogens is 290 g/mol. The number of phenols is 1. The Morgan fingerprint density at radius 3 is 2.70 bits per heavy atom. The first kappa shape index (κ1) is 13.9. The van der Waals surface area contributed by atoms with Crippen LogP contribution in [0, 0.1) is 0 Å². The Balaban J connectivity index is 2.21. The number of pyridine rings is 1. The molecule has 1 aliphatic rings. The molecule has 0 fully saturated rings. The van der Waals surface area contributed by atoms with Crippen molar-refractivity contribution in [2.24, 2.45) is 7.05 Å². The Labute approximate surface area is 133 Å². The lowest BCUT2D eigenvalue weighted by Gasteiger charge is -2.28. The second-order valence-corrected chi connectivity index (χ2v) is 6.48. The third-order valence-electron chi connectivity index (χ3n) is 4.40. The van der Waals surface area contributed by atoms with E-state index in [-0.39, 0.29) is 11.2 Å². The maximum Gasteiger partial charge on any atom is 0.200 e. The van der Waals surface area contributed by atoms with E-state index < -0.39 is 5.60 Å². The Hall–Kier alpha value is -2.75. The maximum absolute atomic E-state index is 12.8. The normalized spacial score (nSPS) is 15.6. The molecule has 0 unspecified atom stereocenters. The molecule has 2 heterocycles. The minimum atomic E-state index is -0.442. The van der Waals surface area contributed by atoms with Crippen molar-refractivity contribution in [2.75, 3.05) is 0 Å². The lowest BCUT2D eigenvalue weighted by molar-refractivity contribution is 0.158. The van der Waals surface area contributed by atoms with Crippen molar-refractivity contribution in [1.29, 1.82) is 0 Å². The van der Waals surface area contributed by atoms with Gasteiger partial charge in [0.1, 0.15) is 17.1 Å². The van der Waals surface area contributed by atoms with Crippen molar-refractivity contribution < 1.29 is 9.84 Å². The van der Waals surface area contributed by atoms with Crippen LogP contribution in [0.4, 0.5) is 0 Å². The highest BCUT2D eigenvalue weighted by Gasteiger charge is 2.26. The molecule has 0 saturated carbocycles. The Morgan fingerprint density at radius 2 is 1.91 bits per heavy atom. The van der Waals surface area contributed by atoms with Crippen LogP contribution in [0.1, 0.15) is 19.4 Å². The van der Waals surface area contributed by atoms with E-state index in [4.69, 9.17) is 4.74 Å². The Morgan fingerprint density at radius 1 is 1.17 bits per heavy atom. The number of ether oxygens (including phenoxy) is 1. The SMILES string of the molecule is Cn1c2ccccc2c(=O)c2c(O)c3c(cc21)OC(C)(C)C=C3. The molecule has 116 valence electrons. The molecule has 0 aliphatic carbocycles. The van der Waals surface area contributed by atoms with Gasteiger partial charge in [-0.15, -0.1) is 0 Å². The Bertz CT molecular complexity index is 1060. The molecule has 0 spiro atoms. The van der Waals surface area contributed by atoms with Gasteiger partial charge in [0.15, 0.2) is 0 Å². The van der Waals surface area contributed by atoms with Crippen LogP contribution < -0.4 is 10.2 Å². The predicted molar refractivity (Wildman–Crippen MR) is 92.1 cm³/mol. The van der Waals surface area contributed by atoms with Crippen molar-refractivity contribution in [3.63, 3.8) is 0 Å². The summed E-state index contributed by atoms with van der Waals surface area (Å²) in [5.74, 6) is 0.573. The zero-order valence-electron chi connectivity index (χ0n) is 13.3. The molecule has 0 radical (unpaired) electrons. The minimum Gasteiger partial charge on any atom is -0.506 e. The average molecular weight is 307 g/mol. The molecule has 4 nitrogen and oxygen atoms in total. The number of aromatic hydroxyl groups is 1. The van der Waals surface area contributed by atoms with E-state index >= 15 is 0 Å². The van der Waals surface area contributed by atoms with Gasteiger partial charge in [-0.25, -0.2) is 0 Å². The first-order valence-corrected chi connectivity index (χ1v) is 7.55. The van der Waals surface area contributed by atoms with Gasteiger partial charge >= 0.3 is 0 Å². The topological polar surface area (TPSA) is 51.5 Å². The van der Waals surface area contributed by atoms with Gasteiger partial charge in [0.05, 0.1) is 22.0 Å². The van der Waals surface area contributed by atoms with Gasteiger partial charge in [0, 0.05) is 18.5 Å². The molecule has 1 N–H and O–H groups in total. The van der Waals surface area contributed by atoms with Crippen molar-refractivity contribution in [1.82, 2.24) is 4.57 Å². The van der Waals surface area contributed by atoms with E-state index in [2.05, 4.69) is 0 Å². The molecule has 0 bridgehead atoms. The first-order chi connectivity index (χ1) is 10.9. The molecule has 2 aromatic carbocycles. The number of nitrogens with zero attached hydrogens (tertiary/aromatic N) is 1. The number of rotatable bonds is 0. The first-order valence-electron chi connectivity index (χ1n) is 7.55. The van der Waals surface area contributed by atoms with E-state index in [1.165, 1.54) is 0 Å². The summed E-state index contributed by atoms with van der Waals surface area (Å²) in [6.07, 6.45) is 3.70. The molecule has 4 heteroatoms. The Kier molecular flexibility index (Phi) is 2.64. The van der Waals surface area contributed by atoms with Crippen molar-refractivity contribution in [3.05, 3.63) is 52.2 Å². The second-order valence-electron chi connectivity index (χ2n) is 6.48. The quantitative estimate of drug-likeness (QED) is 0.646. The lowest BCUT2D eigenvalue weighted by Crippen LogP contribution is -2.27. The number of phenolic OH excluding ortho intramolecular Hbond substituents is 1. The number of aryl methyl sites for hydroxylation is 1. The monoisotopic (exact) mass is 307 g/mol. The highest BCUT2D eigenvalue weighted by atomic mass is 16.5. The summed E-state index contributed by atoms with van der Waals surface area (Å²) in [6, 6.07) is 9.25. The van der Waals surface area contributed by atoms with Crippen LogP contribution in [0.2, 0.25) is 0 Å². The molecule has 1 aromatic heterocycles. The minimum absolute atomic E-state index is 0.0180. The standard InChI is InChI=1S/C19H17NO3/c1-19(2)9-8-12-15(23-19)10-14-16(18(12)22)17(21)11-6-4-5-7-13(11)20(14)3/h4-10,22H,1-3H3. The van der Waals surface area contributed by atoms with E-state index in [1.54, 1.807) is 6.07 Å². The van der Waals surface area contributed by atoms with E-state index in [0.717, 1.165) is 5.52 Å². The van der Waals surface area contributed by atoms with Crippen molar-refractivity contribution >= 4 is 27.9 Å². The fourth-order valence-electron chi connectivity index (χ4n) is 3.20. The van der Waals surface area contributed by atoms with Gasteiger partial charge in [-0.1, -0.05) is 12.1 Å². The van der Waals surface area contributed by atoms with Crippen LogP contribution in [-0.2, 0) is 7.05 Å².